The molecule has 0 heterocycles. The molecule has 0 spiro atoms. The van der Waals surface area contributed by atoms with Crippen LogP contribution in [-0.4, -0.2) is 65.7 Å². The molecule has 0 saturated heterocycles. The van der Waals surface area contributed by atoms with Crippen LogP contribution in [0.4, 0.5) is 0 Å². The van der Waals surface area contributed by atoms with Crippen molar-refractivity contribution in [3.8, 4) is 0 Å². The Morgan fingerprint density at radius 1 is 0.540 bits per heavy atom. The van der Waals surface area contributed by atoms with Crippen LogP contribution in [-0.2, 0) is 32.7 Å². The summed E-state index contributed by atoms with van der Waals surface area (Å²) in [6.07, 6.45) is 34.0. The molecule has 11 heteroatoms. The summed E-state index contributed by atoms with van der Waals surface area (Å²) in [5.41, 5.74) is 0. The van der Waals surface area contributed by atoms with Crippen LogP contribution in [0.25, 0.3) is 0 Å². The van der Waals surface area contributed by atoms with Gasteiger partial charge in [-0.1, -0.05) is 121 Å². The van der Waals surface area contributed by atoms with Crippen LogP contribution < -0.4 is 0 Å². The molecule has 0 aliphatic heterocycles. The number of phosphoric ester groups is 1. The summed E-state index contributed by atoms with van der Waals surface area (Å²) < 4.78 is 32.4. The molecule has 0 aromatic carbocycles. The van der Waals surface area contributed by atoms with Crippen molar-refractivity contribution in [2.24, 2.45) is 0 Å². The normalized spacial score (nSPS) is 14.4. The second kappa shape index (κ2) is 35.6. The molecule has 0 saturated carbocycles. The van der Waals surface area contributed by atoms with Gasteiger partial charge in [0.05, 0.1) is 26.4 Å². The lowest BCUT2D eigenvalue weighted by Gasteiger charge is -2.20. The van der Waals surface area contributed by atoms with Crippen molar-refractivity contribution in [1.29, 1.82) is 0 Å². The zero-order valence-corrected chi connectivity index (χ0v) is 32.3. The molecule has 0 amide bonds. The first kappa shape index (κ1) is 48.2. The van der Waals surface area contributed by atoms with E-state index in [4.69, 9.17) is 18.5 Å². The number of aliphatic hydroxyl groups is 2. The van der Waals surface area contributed by atoms with Gasteiger partial charge in [0.1, 0.15) is 12.2 Å². The quantitative estimate of drug-likeness (QED) is 0.0246. The highest BCUT2D eigenvalue weighted by atomic mass is 31.2. The first-order valence-corrected chi connectivity index (χ1v) is 20.9. The lowest BCUT2D eigenvalue weighted by molar-refractivity contribution is -0.153. The van der Waals surface area contributed by atoms with Crippen LogP contribution in [0.3, 0.4) is 0 Å². The van der Waals surface area contributed by atoms with Crippen molar-refractivity contribution in [2.45, 2.75) is 174 Å². The Bertz CT molecular complexity index is 936. The van der Waals surface area contributed by atoms with Gasteiger partial charge in [-0.15, -0.1) is 0 Å². The summed E-state index contributed by atoms with van der Waals surface area (Å²) in [5, 5.41) is 19.1. The predicted octanol–water partition coefficient (Wildman–Crippen LogP) is 9.61. The van der Waals surface area contributed by atoms with Gasteiger partial charge in [0.2, 0.25) is 0 Å². The summed E-state index contributed by atoms with van der Waals surface area (Å²) in [7, 11) is -4.63. The van der Waals surface area contributed by atoms with Crippen molar-refractivity contribution >= 4 is 19.8 Å². The number of carbonyl (C=O) groups is 2. The Kier molecular flexibility index (Phi) is 34.3. The van der Waals surface area contributed by atoms with E-state index in [0.717, 1.165) is 83.5 Å². The number of hydrogen-bond donors (Lipinski definition) is 3. The molecular formula is C39H71O10P. The van der Waals surface area contributed by atoms with Gasteiger partial charge in [-0.2, -0.15) is 0 Å². The van der Waals surface area contributed by atoms with E-state index in [1.165, 1.54) is 38.5 Å². The number of esters is 2. The number of unbranched alkanes of at least 4 members (excludes halogenated alkanes) is 16. The minimum atomic E-state index is -4.63. The number of phosphoric acid groups is 1. The van der Waals surface area contributed by atoms with Crippen molar-refractivity contribution in [1.82, 2.24) is 0 Å². The number of allylic oxidation sites excluding steroid dienone is 6. The summed E-state index contributed by atoms with van der Waals surface area (Å²) in [6, 6.07) is 0. The molecule has 0 aliphatic rings. The Morgan fingerprint density at radius 2 is 0.920 bits per heavy atom. The monoisotopic (exact) mass is 730 g/mol. The van der Waals surface area contributed by atoms with Crippen LogP contribution in [0.2, 0.25) is 0 Å². The molecule has 0 fully saturated rings. The van der Waals surface area contributed by atoms with Crippen molar-refractivity contribution in [3.63, 3.8) is 0 Å². The third-order valence-electron chi connectivity index (χ3n) is 8.06. The summed E-state index contributed by atoms with van der Waals surface area (Å²) >= 11 is 0. The van der Waals surface area contributed by atoms with Gasteiger partial charge in [-0.3, -0.25) is 18.6 Å². The van der Waals surface area contributed by atoms with E-state index in [2.05, 4.69) is 50.3 Å². The van der Waals surface area contributed by atoms with E-state index >= 15 is 0 Å². The fourth-order valence-corrected chi connectivity index (χ4v) is 5.81. The molecule has 0 radical (unpaired) electrons. The molecule has 0 bridgehead atoms. The fraction of sp³-hybridized carbons (Fsp3) is 0.795. The number of carbonyl (C=O) groups excluding carboxylic acids is 2. The van der Waals surface area contributed by atoms with Gasteiger partial charge in [0.15, 0.2) is 0 Å². The standard InChI is InChI=1S/C39H71O10P/c1-3-5-7-9-11-13-15-17-19-21-23-25-27-29-31-39(43)49-37(33-41)35-47-50(44,45)46-34-36(32-40)48-38(42)30-28-26-24-22-20-18-16-14-12-10-8-6-4-2/h8,10,14-17,36-37,40-41H,3-7,9,11-13,18-35H2,1-2H3,(H,44,45)/b10-8-,16-14-,17-15-. The highest BCUT2D eigenvalue weighted by molar-refractivity contribution is 7.47. The van der Waals surface area contributed by atoms with E-state index < -0.39 is 58.4 Å². The Morgan fingerprint density at radius 3 is 1.34 bits per heavy atom. The molecule has 0 aromatic rings. The fourth-order valence-electron chi connectivity index (χ4n) is 5.03. The summed E-state index contributed by atoms with van der Waals surface area (Å²) in [6.45, 7) is 2.09. The smallest absolute Gasteiger partial charge is 0.457 e. The van der Waals surface area contributed by atoms with Crippen molar-refractivity contribution in [3.05, 3.63) is 36.5 Å². The molecular weight excluding hydrogens is 659 g/mol. The average Bonchev–Trinajstić information content (AvgIpc) is 3.10. The maximum atomic E-state index is 12.3. The SMILES string of the molecule is CCC/C=C\C/C=C\CCCCCCCC(=O)OC(CO)COP(=O)(O)OCC(CO)OC(=O)CCCCCCC/C=C\CCCCCCC. The first-order valence-electron chi connectivity index (χ1n) is 19.4. The van der Waals surface area contributed by atoms with E-state index in [1.54, 1.807) is 0 Å². The highest BCUT2D eigenvalue weighted by Crippen LogP contribution is 2.43. The number of aliphatic hydroxyl groups excluding tert-OH is 2. The van der Waals surface area contributed by atoms with Gasteiger partial charge in [0.25, 0.3) is 0 Å². The molecule has 3 atom stereocenters. The second-order valence-electron chi connectivity index (χ2n) is 12.9. The third kappa shape index (κ3) is 33.3. The minimum Gasteiger partial charge on any atom is -0.457 e. The Hall–Kier alpha value is -1.81. The Balaban J connectivity index is 4.01. The van der Waals surface area contributed by atoms with Crippen LogP contribution >= 0.6 is 7.82 Å². The van der Waals surface area contributed by atoms with Crippen LogP contribution in [0, 0.1) is 0 Å². The highest BCUT2D eigenvalue weighted by Gasteiger charge is 2.27. The van der Waals surface area contributed by atoms with Gasteiger partial charge < -0.3 is 24.6 Å². The van der Waals surface area contributed by atoms with Crippen molar-refractivity contribution < 1.29 is 47.8 Å². The third-order valence-corrected chi connectivity index (χ3v) is 9.01. The molecule has 3 unspecified atom stereocenters. The van der Waals surface area contributed by atoms with E-state index in [0.29, 0.717) is 12.8 Å². The van der Waals surface area contributed by atoms with Crippen molar-refractivity contribution in [2.75, 3.05) is 26.4 Å². The van der Waals surface area contributed by atoms with Crippen LogP contribution in [0.5, 0.6) is 0 Å². The Labute approximate surface area is 303 Å². The average molecular weight is 731 g/mol. The topological polar surface area (TPSA) is 149 Å². The first-order chi connectivity index (χ1) is 24.3. The lowest BCUT2D eigenvalue weighted by Crippen LogP contribution is -2.28. The maximum Gasteiger partial charge on any atom is 0.472 e. The summed E-state index contributed by atoms with van der Waals surface area (Å²) in [5.74, 6) is -1.04. The van der Waals surface area contributed by atoms with Gasteiger partial charge in [-0.05, 0) is 64.2 Å². The van der Waals surface area contributed by atoms with E-state index in [1.807, 2.05) is 0 Å². The van der Waals surface area contributed by atoms with Gasteiger partial charge >= 0.3 is 19.8 Å². The molecule has 0 aliphatic carbocycles. The molecule has 3 N–H and O–H groups in total. The lowest BCUT2D eigenvalue weighted by atomic mass is 10.1. The maximum absolute atomic E-state index is 12.3. The largest absolute Gasteiger partial charge is 0.472 e. The van der Waals surface area contributed by atoms with E-state index in [-0.39, 0.29) is 12.8 Å². The molecule has 0 rings (SSSR count). The molecule has 0 aromatic heterocycles. The number of hydrogen-bond acceptors (Lipinski definition) is 9. The zero-order valence-electron chi connectivity index (χ0n) is 31.4. The summed E-state index contributed by atoms with van der Waals surface area (Å²) in [4.78, 5) is 34.4. The number of ether oxygens (including phenoxy) is 2. The zero-order chi connectivity index (χ0) is 37.0. The van der Waals surface area contributed by atoms with Gasteiger partial charge in [-0.25, -0.2) is 4.57 Å². The molecule has 50 heavy (non-hydrogen) atoms. The molecule has 292 valence electrons. The van der Waals surface area contributed by atoms with Gasteiger partial charge in [0, 0.05) is 12.8 Å². The minimum absolute atomic E-state index is 0.175. The number of rotatable bonds is 36. The van der Waals surface area contributed by atoms with Crippen LogP contribution in [0.1, 0.15) is 162 Å². The van der Waals surface area contributed by atoms with Crippen LogP contribution in [0.15, 0.2) is 36.5 Å². The second-order valence-corrected chi connectivity index (χ2v) is 14.4. The predicted molar refractivity (Wildman–Crippen MR) is 201 cm³/mol. The molecule has 10 nitrogen and oxygen atoms in total. The van der Waals surface area contributed by atoms with E-state index in [9.17, 15) is 29.3 Å².